The Morgan fingerprint density at radius 3 is 2.47 bits per heavy atom. The summed E-state index contributed by atoms with van der Waals surface area (Å²) in [4.78, 5) is 47.4. The fourth-order valence-corrected chi connectivity index (χ4v) is 8.79. The molecule has 5 atom stereocenters. The Morgan fingerprint density at radius 1 is 1.05 bits per heavy atom. The first-order chi connectivity index (χ1) is 18.3. The van der Waals surface area contributed by atoms with Crippen LogP contribution in [0.4, 0.5) is 11.4 Å². The van der Waals surface area contributed by atoms with Gasteiger partial charge in [-0.1, -0.05) is 24.3 Å². The Balaban J connectivity index is 1.57. The summed E-state index contributed by atoms with van der Waals surface area (Å²) in [7, 11) is 0. The zero-order chi connectivity index (χ0) is 27.1. The summed E-state index contributed by atoms with van der Waals surface area (Å²) < 4.78 is 3.98. The molecule has 0 bridgehead atoms. The zero-order valence-corrected chi connectivity index (χ0v) is 23.2. The van der Waals surface area contributed by atoms with Crippen LogP contribution in [-0.2, 0) is 19.1 Å². The van der Waals surface area contributed by atoms with Crippen LogP contribution >= 0.6 is 11.8 Å². The zero-order valence-electron chi connectivity index (χ0n) is 22.3. The van der Waals surface area contributed by atoms with Crippen molar-refractivity contribution in [2.24, 2.45) is 11.8 Å². The highest BCUT2D eigenvalue weighted by Gasteiger charge is 2.73. The number of likely N-dealkylation sites (tertiary alicyclic amines) is 1. The fraction of sp³-hybridized carbons (Fsp3) is 0.552. The number of hydrogen-bond acceptors (Lipinski definition) is 7. The van der Waals surface area contributed by atoms with Gasteiger partial charge in [-0.25, -0.2) is 0 Å². The lowest BCUT2D eigenvalue weighted by Crippen LogP contribution is -2.53. The van der Waals surface area contributed by atoms with Crippen LogP contribution in [0.3, 0.4) is 0 Å². The van der Waals surface area contributed by atoms with E-state index in [0.29, 0.717) is 19.4 Å². The van der Waals surface area contributed by atoms with Crippen LogP contribution in [0.15, 0.2) is 48.6 Å². The smallest absolute Gasteiger partial charge is 0.311 e. The van der Waals surface area contributed by atoms with E-state index in [1.165, 1.54) is 11.8 Å². The summed E-state index contributed by atoms with van der Waals surface area (Å²) in [6, 6.07) is 7.19. The van der Waals surface area contributed by atoms with Crippen molar-refractivity contribution in [1.29, 1.82) is 0 Å². The van der Waals surface area contributed by atoms with Crippen molar-refractivity contribution < 1.29 is 24.2 Å². The third-order valence-electron chi connectivity index (χ3n) is 8.37. The Hall–Kier alpha value is -2.78. The number of aliphatic hydroxyl groups is 1. The number of nitrogens with zero attached hydrogens (tertiary/aromatic N) is 3. The van der Waals surface area contributed by atoms with Crippen molar-refractivity contribution in [2.75, 3.05) is 49.2 Å². The number of ether oxygens (including phenoxy) is 1. The number of carbonyl (C=O) groups is 3. The van der Waals surface area contributed by atoms with Crippen molar-refractivity contribution in [3.8, 4) is 0 Å². The summed E-state index contributed by atoms with van der Waals surface area (Å²) in [6.07, 6.45) is 9.00. The van der Waals surface area contributed by atoms with Crippen LogP contribution < -0.4 is 9.80 Å². The molecule has 2 amide bonds. The molecule has 8 nitrogen and oxygen atoms in total. The summed E-state index contributed by atoms with van der Waals surface area (Å²) in [6.45, 7) is 8.81. The molecule has 0 saturated carbocycles. The molecule has 4 heterocycles. The van der Waals surface area contributed by atoms with Gasteiger partial charge >= 0.3 is 5.97 Å². The summed E-state index contributed by atoms with van der Waals surface area (Å²) >= 11 is 1.54. The third kappa shape index (κ3) is 4.14. The molecule has 1 spiro atoms. The van der Waals surface area contributed by atoms with Crippen LogP contribution in [0.2, 0.25) is 0 Å². The molecule has 2 saturated heterocycles. The predicted octanol–water partition coefficient (Wildman–Crippen LogP) is 3.01. The number of rotatable bonds is 7. The van der Waals surface area contributed by atoms with Crippen molar-refractivity contribution in [2.45, 2.75) is 49.1 Å². The molecule has 1 N–H and O–H groups in total. The van der Waals surface area contributed by atoms with E-state index in [0.717, 1.165) is 24.5 Å². The first-order valence-electron chi connectivity index (χ1n) is 13.6. The number of esters is 1. The highest BCUT2D eigenvalue weighted by atomic mass is 32.2. The normalized spacial score (nSPS) is 32.3. The van der Waals surface area contributed by atoms with Crippen LogP contribution in [-0.4, -0.2) is 82.7 Å². The lowest BCUT2D eigenvalue weighted by atomic mass is 9.74. The van der Waals surface area contributed by atoms with Gasteiger partial charge in [-0.05, 0) is 57.9 Å². The molecule has 0 aromatic heterocycles. The van der Waals surface area contributed by atoms with E-state index in [4.69, 9.17) is 4.74 Å². The van der Waals surface area contributed by atoms with Gasteiger partial charge < -0.3 is 24.5 Å². The molecule has 1 aromatic rings. The SMILES string of the molecule is CCN(CC)c1ccc(N2CC=C[C@]34S[C@]5(C)C=CCCOC(=O)[C@@H]5[C@H]3C(=O)N(CCCO)C4C2=O)cc1. The molecule has 0 aliphatic carbocycles. The van der Waals surface area contributed by atoms with E-state index in [1.54, 1.807) is 9.80 Å². The molecule has 2 fully saturated rings. The minimum absolute atomic E-state index is 0.0895. The van der Waals surface area contributed by atoms with Crippen molar-refractivity contribution in [1.82, 2.24) is 4.90 Å². The quantitative estimate of drug-likeness (QED) is 0.421. The maximum absolute atomic E-state index is 14.4. The average Bonchev–Trinajstić information content (AvgIpc) is 3.22. The van der Waals surface area contributed by atoms with Crippen molar-refractivity contribution >= 4 is 40.9 Å². The standard InChI is InChI=1S/C29H37N3O5S/c1-4-30(5-2)20-10-12-21(13-11-20)31-16-8-15-29-22(25(34)32(17-9-18-33)24(29)26(31)35)23-27(36)37-19-7-6-14-28(23,3)38-29/h6,8,10-15,22-24,33H,4-5,7,9,16-19H2,1-3H3/t22-,23-,24?,28+,29-/m0/s1. The van der Waals surface area contributed by atoms with Gasteiger partial charge in [0.1, 0.15) is 6.04 Å². The van der Waals surface area contributed by atoms with Gasteiger partial charge in [0, 0.05) is 48.9 Å². The van der Waals surface area contributed by atoms with Gasteiger partial charge in [0.25, 0.3) is 5.91 Å². The van der Waals surface area contributed by atoms with Gasteiger partial charge in [-0.3, -0.25) is 14.4 Å². The third-order valence-corrected chi connectivity index (χ3v) is 10.2. The Morgan fingerprint density at radius 2 is 1.79 bits per heavy atom. The van der Waals surface area contributed by atoms with E-state index in [1.807, 2.05) is 55.5 Å². The number of carbonyl (C=O) groups excluding carboxylic acids is 3. The number of cyclic esters (lactones) is 1. The number of benzene rings is 1. The molecular weight excluding hydrogens is 502 g/mol. The first kappa shape index (κ1) is 26.8. The van der Waals surface area contributed by atoms with Gasteiger partial charge in [-0.2, -0.15) is 0 Å². The first-order valence-corrected chi connectivity index (χ1v) is 14.4. The topological polar surface area (TPSA) is 90.4 Å². The fourth-order valence-electron chi connectivity index (χ4n) is 6.63. The molecule has 0 radical (unpaired) electrons. The van der Waals surface area contributed by atoms with E-state index in [2.05, 4.69) is 18.7 Å². The van der Waals surface area contributed by atoms with Gasteiger partial charge in [0.15, 0.2) is 0 Å². The monoisotopic (exact) mass is 539 g/mol. The number of hydrogen-bond donors (Lipinski definition) is 1. The van der Waals surface area contributed by atoms with Crippen LogP contribution in [0.25, 0.3) is 0 Å². The Bertz CT molecular complexity index is 1150. The number of thioether (sulfide) groups is 1. The Labute approximate surface area is 228 Å². The second-order valence-electron chi connectivity index (χ2n) is 10.5. The summed E-state index contributed by atoms with van der Waals surface area (Å²) in [5, 5.41) is 9.57. The lowest BCUT2D eigenvalue weighted by molar-refractivity contribution is -0.154. The lowest BCUT2D eigenvalue weighted by Gasteiger charge is -2.37. The van der Waals surface area contributed by atoms with Crippen LogP contribution in [0.1, 0.15) is 33.6 Å². The van der Waals surface area contributed by atoms with Crippen LogP contribution in [0.5, 0.6) is 0 Å². The maximum atomic E-state index is 14.4. The molecule has 38 heavy (non-hydrogen) atoms. The average molecular weight is 540 g/mol. The predicted molar refractivity (Wildman–Crippen MR) is 149 cm³/mol. The van der Waals surface area contributed by atoms with Gasteiger partial charge in [-0.15, -0.1) is 11.8 Å². The molecule has 9 heteroatoms. The number of amides is 2. The van der Waals surface area contributed by atoms with E-state index in [9.17, 15) is 19.5 Å². The van der Waals surface area contributed by atoms with Crippen molar-refractivity contribution in [3.63, 3.8) is 0 Å². The second kappa shape index (κ2) is 10.4. The van der Waals surface area contributed by atoms with Crippen LogP contribution in [0, 0.1) is 11.8 Å². The molecule has 204 valence electrons. The minimum Gasteiger partial charge on any atom is -0.465 e. The molecular formula is C29H37N3O5S. The molecule has 4 aliphatic rings. The number of aliphatic hydroxyl groups excluding tert-OH is 1. The van der Waals surface area contributed by atoms with Crippen molar-refractivity contribution in [3.05, 3.63) is 48.6 Å². The van der Waals surface area contributed by atoms with Gasteiger partial charge in [0.05, 0.1) is 23.2 Å². The second-order valence-corrected chi connectivity index (χ2v) is 12.3. The number of anilines is 2. The summed E-state index contributed by atoms with van der Waals surface area (Å²) in [5.41, 5.74) is 1.86. The van der Waals surface area contributed by atoms with E-state index >= 15 is 0 Å². The molecule has 5 rings (SSSR count). The van der Waals surface area contributed by atoms with E-state index in [-0.39, 0.29) is 37.5 Å². The largest absolute Gasteiger partial charge is 0.465 e. The maximum Gasteiger partial charge on any atom is 0.311 e. The molecule has 4 aliphatic heterocycles. The number of fused-ring (bicyclic) bond motifs is 2. The molecule has 1 unspecified atom stereocenters. The van der Waals surface area contributed by atoms with E-state index < -0.39 is 27.4 Å². The highest BCUT2D eigenvalue weighted by molar-refractivity contribution is 8.02. The highest BCUT2D eigenvalue weighted by Crippen LogP contribution is 2.65. The van der Waals surface area contributed by atoms with Gasteiger partial charge in [0.2, 0.25) is 5.91 Å². The minimum atomic E-state index is -0.910. The summed E-state index contributed by atoms with van der Waals surface area (Å²) in [5.74, 6) is -2.18. The Kier molecular flexibility index (Phi) is 7.35. The molecule has 1 aromatic carbocycles.